The van der Waals surface area contributed by atoms with Gasteiger partial charge in [-0.3, -0.25) is 9.79 Å². The van der Waals surface area contributed by atoms with E-state index in [-0.39, 0.29) is 5.78 Å². The van der Waals surface area contributed by atoms with Gasteiger partial charge in [-0.2, -0.15) is 0 Å². The predicted octanol–water partition coefficient (Wildman–Crippen LogP) is 2.40. The molecule has 0 atom stereocenters. The van der Waals surface area contributed by atoms with Crippen LogP contribution in [0.5, 0.6) is 0 Å². The maximum absolute atomic E-state index is 11.4. The molecule has 0 aliphatic rings. The Balaban J connectivity index is 3.04. The zero-order valence-corrected chi connectivity index (χ0v) is 9.18. The van der Waals surface area contributed by atoms with E-state index in [0.717, 1.165) is 5.56 Å². The Hall–Kier alpha value is -2.16. The normalized spacial score (nSPS) is 11.1. The highest BCUT2D eigenvalue weighted by Gasteiger charge is 2.07. The van der Waals surface area contributed by atoms with Crippen LogP contribution in [0.4, 0.5) is 0 Å². The number of rotatable bonds is 4. The lowest BCUT2D eigenvalue weighted by molar-refractivity contribution is 0.101. The summed E-state index contributed by atoms with van der Waals surface area (Å²) in [6.45, 7) is 5.34. The molecule has 0 saturated heterocycles. The van der Waals surface area contributed by atoms with Crippen LogP contribution < -0.4 is 5.73 Å². The number of carbonyl (C=O) groups excluding carboxylic acids is 1. The van der Waals surface area contributed by atoms with Gasteiger partial charge in [0, 0.05) is 17.3 Å². The van der Waals surface area contributed by atoms with E-state index in [2.05, 4.69) is 11.6 Å². The standard InChI is InChI=1S/C13H14N2O/c1-10(15-9-5-8-14)12-6-3-4-7-13(12)11(2)16/h3-9H,1,14H2,2H3/b8-5-,15-9?. The van der Waals surface area contributed by atoms with E-state index < -0.39 is 0 Å². The maximum Gasteiger partial charge on any atom is 0.160 e. The lowest BCUT2D eigenvalue weighted by Crippen LogP contribution is -1.97. The Labute approximate surface area is 95.0 Å². The van der Waals surface area contributed by atoms with Gasteiger partial charge in [-0.25, -0.2) is 0 Å². The Morgan fingerprint density at radius 1 is 1.38 bits per heavy atom. The summed E-state index contributed by atoms with van der Waals surface area (Å²) < 4.78 is 0. The van der Waals surface area contributed by atoms with Crippen LogP contribution in [-0.2, 0) is 0 Å². The van der Waals surface area contributed by atoms with Crippen molar-refractivity contribution in [3.63, 3.8) is 0 Å². The second kappa shape index (κ2) is 5.66. The molecule has 0 unspecified atom stereocenters. The van der Waals surface area contributed by atoms with Crippen LogP contribution in [0.2, 0.25) is 0 Å². The number of benzene rings is 1. The molecule has 0 heterocycles. The molecule has 3 heteroatoms. The third kappa shape index (κ3) is 2.92. The monoisotopic (exact) mass is 214 g/mol. The molecule has 2 N–H and O–H groups in total. The van der Waals surface area contributed by atoms with Crippen molar-refractivity contribution in [2.45, 2.75) is 6.92 Å². The van der Waals surface area contributed by atoms with Crippen LogP contribution in [0.3, 0.4) is 0 Å². The molecule has 1 aromatic rings. The van der Waals surface area contributed by atoms with Gasteiger partial charge in [-0.05, 0) is 19.2 Å². The van der Waals surface area contributed by atoms with Gasteiger partial charge in [-0.15, -0.1) is 0 Å². The number of aliphatic imine (C=N–C) groups is 1. The minimum absolute atomic E-state index is 0.00122. The van der Waals surface area contributed by atoms with E-state index >= 15 is 0 Å². The van der Waals surface area contributed by atoms with E-state index in [1.54, 1.807) is 18.4 Å². The van der Waals surface area contributed by atoms with E-state index in [9.17, 15) is 4.79 Å². The lowest BCUT2D eigenvalue weighted by atomic mass is 10.0. The van der Waals surface area contributed by atoms with Crippen molar-refractivity contribution in [1.82, 2.24) is 0 Å². The number of Topliss-reactive ketones (excluding diaryl/α,β-unsaturated/α-hetero) is 1. The zero-order chi connectivity index (χ0) is 12.0. The average molecular weight is 214 g/mol. The van der Waals surface area contributed by atoms with E-state index in [0.29, 0.717) is 11.3 Å². The van der Waals surface area contributed by atoms with Crippen LogP contribution in [-0.4, -0.2) is 12.0 Å². The number of hydrogen-bond donors (Lipinski definition) is 1. The molecule has 0 amide bonds. The summed E-state index contributed by atoms with van der Waals surface area (Å²) in [5.74, 6) is 0.00122. The molecule has 1 rings (SSSR count). The first-order valence-electron chi connectivity index (χ1n) is 4.87. The Morgan fingerprint density at radius 2 is 2.00 bits per heavy atom. The first-order chi connectivity index (χ1) is 7.66. The molecule has 0 saturated carbocycles. The highest BCUT2D eigenvalue weighted by molar-refractivity contribution is 5.99. The van der Waals surface area contributed by atoms with Crippen molar-refractivity contribution in [3.8, 4) is 0 Å². The fourth-order valence-corrected chi connectivity index (χ4v) is 1.29. The van der Waals surface area contributed by atoms with E-state index in [1.165, 1.54) is 13.1 Å². The lowest BCUT2D eigenvalue weighted by Gasteiger charge is -2.05. The van der Waals surface area contributed by atoms with Crippen molar-refractivity contribution in [2.75, 3.05) is 0 Å². The molecule has 16 heavy (non-hydrogen) atoms. The number of hydrogen-bond acceptors (Lipinski definition) is 3. The Kier molecular flexibility index (Phi) is 4.21. The van der Waals surface area contributed by atoms with E-state index in [1.807, 2.05) is 18.2 Å². The van der Waals surface area contributed by atoms with Crippen LogP contribution in [0, 0.1) is 0 Å². The predicted molar refractivity (Wildman–Crippen MR) is 67.3 cm³/mol. The summed E-state index contributed by atoms with van der Waals surface area (Å²) >= 11 is 0. The second-order valence-corrected chi connectivity index (χ2v) is 3.21. The smallest absolute Gasteiger partial charge is 0.160 e. The minimum atomic E-state index is 0.00122. The highest BCUT2D eigenvalue weighted by Crippen LogP contribution is 2.18. The minimum Gasteiger partial charge on any atom is -0.405 e. The van der Waals surface area contributed by atoms with Crippen molar-refractivity contribution in [1.29, 1.82) is 0 Å². The molecule has 0 fully saturated rings. The first-order valence-corrected chi connectivity index (χ1v) is 4.87. The Morgan fingerprint density at radius 3 is 2.56 bits per heavy atom. The summed E-state index contributed by atoms with van der Waals surface area (Å²) in [7, 11) is 0. The number of nitrogens with zero attached hydrogens (tertiary/aromatic N) is 1. The van der Waals surface area contributed by atoms with Crippen molar-refractivity contribution in [2.24, 2.45) is 10.7 Å². The van der Waals surface area contributed by atoms with Crippen LogP contribution in [0.1, 0.15) is 22.8 Å². The number of allylic oxidation sites excluding steroid dienone is 1. The SMILES string of the molecule is C=C(N=C/C=C\N)c1ccccc1C(C)=O. The number of carbonyl (C=O) groups is 1. The molecule has 3 nitrogen and oxygen atoms in total. The quantitative estimate of drug-likeness (QED) is 0.618. The average Bonchev–Trinajstić information content (AvgIpc) is 2.29. The number of nitrogens with two attached hydrogens (primary N) is 1. The van der Waals surface area contributed by atoms with Gasteiger partial charge in [0.1, 0.15) is 0 Å². The third-order valence-corrected chi connectivity index (χ3v) is 2.04. The van der Waals surface area contributed by atoms with Crippen LogP contribution in [0.25, 0.3) is 5.70 Å². The maximum atomic E-state index is 11.4. The first kappa shape index (κ1) is 11.9. The van der Waals surface area contributed by atoms with Gasteiger partial charge in [0.15, 0.2) is 5.78 Å². The zero-order valence-electron chi connectivity index (χ0n) is 9.18. The summed E-state index contributed by atoms with van der Waals surface area (Å²) in [6, 6.07) is 7.25. The molecule has 0 aliphatic carbocycles. The number of ketones is 1. The molecule has 0 aliphatic heterocycles. The molecule has 82 valence electrons. The molecular formula is C13H14N2O. The molecule has 0 spiro atoms. The van der Waals surface area contributed by atoms with E-state index in [4.69, 9.17) is 5.73 Å². The summed E-state index contributed by atoms with van der Waals surface area (Å²) in [5, 5.41) is 0. The van der Waals surface area contributed by atoms with Crippen molar-refractivity contribution >= 4 is 17.7 Å². The fraction of sp³-hybridized carbons (Fsp3) is 0.0769. The van der Waals surface area contributed by atoms with Crippen LogP contribution in [0.15, 0.2) is 48.1 Å². The van der Waals surface area contributed by atoms with Gasteiger partial charge in [0.25, 0.3) is 0 Å². The van der Waals surface area contributed by atoms with Gasteiger partial charge in [0.2, 0.25) is 0 Å². The largest absolute Gasteiger partial charge is 0.405 e. The Bertz CT molecular complexity index is 459. The van der Waals surface area contributed by atoms with Crippen molar-refractivity contribution in [3.05, 3.63) is 54.2 Å². The summed E-state index contributed by atoms with van der Waals surface area (Å²) in [4.78, 5) is 15.5. The second-order valence-electron chi connectivity index (χ2n) is 3.21. The molecule has 0 aromatic heterocycles. The summed E-state index contributed by atoms with van der Waals surface area (Å²) in [6.07, 6.45) is 4.52. The highest BCUT2D eigenvalue weighted by atomic mass is 16.1. The fourth-order valence-electron chi connectivity index (χ4n) is 1.29. The third-order valence-electron chi connectivity index (χ3n) is 2.04. The molecule has 0 bridgehead atoms. The van der Waals surface area contributed by atoms with Gasteiger partial charge < -0.3 is 5.73 Å². The van der Waals surface area contributed by atoms with Gasteiger partial charge in [0.05, 0.1) is 5.70 Å². The molecule has 1 aromatic carbocycles. The molecule has 0 radical (unpaired) electrons. The van der Waals surface area contributed by atoms with Crippen LogP contribution >= 0.6 is 0 Å². The summed E-state index contributed by atoms with van der Waals surface area (Å²) in [5.41, 5.74) is 7.09. The van der Waals surface area contributed by atoms with Gasteiger partial charge >= 0.3 is 0 Å². The van der Waals surface area contributed by atoms with Crippen molar-refractivity contribution < 1.29 is 4.79 Å². The van der Waals surface area contributed by atoms with Gasteiger partial charge in [-0.1, -0.05) is 30.8 Å². The topological polar surface area (TPSA) is 55.4 Å². The molecular weight excluding hydrogens is 200 g/mol.